The van der Waals surface area contributed by atoms with Gasteiger partial charge in [0, 0.05) is 17.8 Å². The SMILES string of the molecule is CN(C)CC#Cc1cc(N2C3CCC2CC3)ccc1NC(=O)C1CNc2cc(C#N)ccc2O1.O=C(O)C(F)(F)F. The summed E-state index contributed by atoms with van der Waals surface area (Å²) < 4.78 is 37.7. The van der Waals surface area contributed by atoms with Crippen LogP contribution in [0.1, 0.15) is 36.8 Å². The fourth-order valence-corrected chi connectivity index (χ4v) is 5.13. The zero-order valence-corrected chi connectivity index (χ0v) is 22.6. The zero-order chi connectivity index (χ0) is 29.7. The molecule has 3 heterocycles. The number of amides is 1. The molecular formula is C29H30F3N5O4. The van der Waals surface area contributed by atoms with Gasteiger partial charge in [0.25, 0.3) is 5.91 Å². The lowest BCUT2D eigenvalue weighted by atomic mass is 10.0. The van der Waals surface area contributed by atoms with Crippen LogP contribution < -0.4 is 20.3 Å². The number of carbonyl (C=O) groups excluding carboxylic acids is 1. The lowest BCUT2D eigenvalue weighted by molar-refractivity contribution is -0.192. The fraction of sp³-hybridized carbons (Fsp3) is 0.414. The van der Waals surface area contributed by atoms with E-state index in [-0.39, 0.29) is 5.91 Å². The Balaban J connectivity index is 0.000000493. The van der Waals surface area contributed by atoms with Crippen LogP contribution in [-0.4, -0.2) is 73.4 Å². The van der Waals surface area contributed by atoms with Gasteiger partial charge in [-0.15, -0.1) is 0 Å². The van der Waals surface area contributed by atoms with Gasteiger partial charge in [-0.25, -0.2) is 4.79 Å². The third-order valence-electron chi connectivity index (χ3n) is 7.02. The summed E-state index contributed by atoms with van der Waals surface area (Å²) in [5, 5.41) is 22.4. The first-order valence-electron chi connectivity index (χ1n) is 13.1. The number of halogens is 3. The number of hydrogen-bond acceptors (Lipinski definition) is 7. The third-order valence-corrected chi connectivity index (χ3v) is 7.02. The summed E-state index contributed by atoms with van der Waals surface area (Å²) in [5.41, 5.74) is 3.98. The van der Waals surface area contributed by atoms with Crippen LogP contribution in [0.5, 0.6) is 5.75 Å². The minimum Gasteiger partial charge on any atom is -0.477 e. The highest BCUT2D eigenvalue weighted by atomic mass is 19.4. The molecule has 0 spiro atoms. The van der Waals surface area contributed by atoms with Crippen LogP contribution in [0.3, 0.4) is 0 Å². The second-order valence-electron chi connectivity index (χ2n) is 10.2. The van der Waals surface area contributed by atoms with Gasteiger partial charge < -0.3 is 25.4 Å². The Labute approximate surface area is 235 Å². The molecule has 3 N–H and O–H groups in total. The van der Waals surface area contributed by atoms with Crippen LogP contribution in [0.25, 0.3) is 0 Å². The number of nitrogens with one attached hydrogen (secondary N) is 2. The zero-order valence-electron chi connectivity index (χ0n) is 22.6. The molecule has 41 heavy (non-hydrogen) atoms. The maximum absolute atomic E-state index is 13.1. The van der Waals surface area contributed by atoms with Gasteiger partial charge in [-0.2, -0.15) is 18.4 Å². The van der Waals surface area contributed by atoms with E-state index in [1.54, 1.807) is 18.2 Å². The van der Waals surface area contributed by atoms with Crippen LogP contribution in [-0.2, 0) is 9.59 Å². The Hall–Kier alpha value is -4.42. The molecule has 2 bridgehead atoms. The van der Waals surface area contributed by atoms with E-state index in [0.717, 1.165) is 11.3 Å². The van der Waals surface area contributed by atoms with Gasteiger partial charge in [-0.3, -0.25) is 9.69 Å². The van der Waals surface area contributed by atoms with Gasteiger partial charge in [-0.1, -0.05) is 11.8 Å². The fourth-order valence-electron chi connectivity index (χ4n) is 5.13. The number of carboxylic acids is 1. The molecule has 1 amide bonds. The van der Waals surface area contributed by atoms with Crippen LogP contribution in [0.15, 0.2) is 36.4 Å². The lowest BCUT2D eigenvalue weighted by Gasteiger charge is -2.27. The highest BCUT2D eigenvalue weighted by Gasteiger charge is 2.39. The van der Waals surface area contributed by atoms with E-state index in [0.29, 0.717) is 42.2 Å². The third kappa shape index (κ3) is 7.21. The molecule has 9 nitrogen and oxygen atoms in total. The summed E-state index contributed by atoms with van der Waals surface area (Å²) in [4.78, 5) is 26.6. The summed E-state index contributed by atoms with van der Waals surface area (Å²) in [5.74, 6) is 4.06. The number of nitriles is 1. The largest absolute Gasteiger partial charge is 0.490 e. The van der Waals surface area contributed by atoms with E-state index in [9.17, 15) is 18.0 Å². The number of alkyl halides is 3. The van der Waals surface area contributed by atoms with Crippen LogP contribution >= 0.6 is 0 Å². The van der Waals surface area contributed by atoms with Gasteiger partial charge in [-0.05, 0) is 76.2 Å². The van der Waals surface area contributed by atoms with E-state index in [4.69, 9.17) is 19.9 Å². The van der Waals surface area contributed by atoms with E-state index < -0.39 is 18.2 Å². The maximum Gasteiger partial charge on any atom is 0.490 e. The maximum atomic E-state index is 13.1. The highest BCUT2D eigenvalue weighted by Crippen LogP contribution is 2.41. The first kappa shape index (κ1) is 29.6. The molecular weight excluding hydrogens is 539 g/mol. The van der Waals surface area contributed by atoms with Crippen molar-refractivity contribution in [3.8, 4) is 23.7 Å². The van der Waals surface area contributed by atoms with Crippen molar-refractivity contribution in [1.29, 1.82) is 5.26 Å². The molecule has 5 rings (SSSR count). The normalized spacial score (nSPS) is 20.3. The van der Waals surface area contributed by atoms with Gasteiger partial charge in [0.05, 0.1) is 41.7 Å². The summed E-state index contributed by atoms with van der Waals surface area (Å²) in [6, 6.07) is 14.7. The number of hydrogen-bond donors (Lipinski definition) is 3. The Morgan fingerprint density at radius 2 is 1.80 bits per heavy atom. The number of anilines is 3. The van der Waals surface area contributed by atoms with Crippen LogP contribution in [0.2, 0.25) is 0 Å². The number of nitrogens with zero attached hydrogens (tertiary/aromatic N) is 3. The van der Waals surface area contributed by atoms with Crippen molar-refractivity contribution in [2.24, 2.45) is 0 Å². The number of carboxylic acid groups (broad SMARTS) is 1. The second kappa shape index (κ2) is 12.4. The smallest absolute Gasteiger partial charge is 0.477 e. The summed E-state index contributed by atoms with van der Waals surface area (Å²) in [6.07, 6.45) is -0.734. The van der Waals surface area contributed by atoms with Crippen molar-refractivity contribution in [2.75, 3.05) is 42.7 Å². The molecule has 2 saturated heterocycles. The molecule has 2 fully saturated rings. The van der Waals surface area contributed by atoms with Crippen molar-refractivity contribution in [1.82, 2.24) is 4.90 Å². The minimum absolute atomic E-state index is 0.229. The number of ether oxygens (including phenoxy) is 1. The second-order valence-corrected chi connectivity index (χ2v) is 10.2. The number of benzene rings is 2. The Morgan fingerprint density at radius 1 is 1.15 bits per heavy atom. The Kier molecular flexibility index (Phi) is 8.94. The van der Waals surface area contributed by atoms with Gasteiger partial charge in [0.2, 0.25) is 0 Å². The Morgan fingerprint density at radius 3 is 2.39 bits per heavy atom. The highest BCUT2D eigenvalue weighted by molar-refractivity contribution is 5.96. The van der Waals surface area contributed by atoms with E-state index >= 15 is 0 Å². The van der Waals surface area contributed by atoms with Crippen molar-refractivity contribution in [3.63, 3.8) is 0 Å². The number of rotatable bonds is 4. The molecule has 12 heteroatoms. The first-order valence-corrected chi connectivity index (χ1v) is 13.1. The Bertz CT molecular complexity index is 1390. The average molecular weight is 570 g/mol. The molecule has 0 saturated carbocycles. The lowest BCUT2D eigenvalue weighted by Crippen LogP contribution is -2.41. The summed E-state index contributed by atoms with van der Waals surface area (Å²) in [7, 11) is 3.97. The predicted octanol–water partition coefficient (Wildman–Crippen LogP) is 4.05. The minimum atomic E-state index is -5.08. The van der Waals surface area contributed by atoms with E-state index in [2.05, 4.69) is 45.6 Å². The van der Waals surface area contributed by atoms with Gasteiger partial charge in [0.1, 0.15) is 5.75 Å². The molecule has 1 atom stereocenters. The monoisotopic (exact) mass is 569 g/mol. The summed E-state index contributed by atoms with van der Waals surface area (Å²) in [6.45, 7) is 0.967. The topological polar surface area (TPSA) is 118 Å². The summed E-state index contributed by atoms with van der Waals surface area (Å²) >= 11 is 0. The molecule has 216 valence electrons. The number of carbonyl (C=O) groups is 2. The molecule has 0 aliphatic carbocycles. The molecule has 2 aromatic carbocycles. The predicted molar refractivity (Wildman–Crippen MR) is 147 cm³/mol. The number of fused-ring (bicyclic) bond motifs is 3. The van der Waals surface area contributed by atoms with Crippen molar-refractivity contribution in [2.45, 2.75) is 50.0 Å². The van der Waals surface area contributed by atoms with E-state index in [1.807, 2.05) is 25.1 Å². The molecule has 0 aromatic heterocycles. The van der Waals surface area contributed by atoms with Crippen LogP contribution in [0.4, 0.5) is 30.2 Å². The van der Waals surface area contributed by atoms with Crippen LogP contribution in [0, 0.1) is 23.2 Å². The average Bonchev–Trinajstić information content (AvgIpc) is 3.53. The molecule has 2 aromatic rings. The van der Waals surface area contributed by atoms with Gasteiger partial charge in [0.15, 0.2) is 6.10 Å². The van der Waals surface area contributed by atoms with E-state index in [1.165, 1.54) is 31.4 Å². The molecule has 1 unspecified atom stereocenters. The quantitative estimate of drug-likeness (QED) is 0.473. The molecule has 3 aliphatic rings. The van der Waals surface area contributed by atoms with Gasteiger partial charge >= 0.3 is 12.1 Å². The molecule has 0 radical (unpaired) electrons. The first-order chi connectivity index (χ1) is 19.5. The van der Waals surface area contributed by atoms with Crippen molar-refractivity contribution < 1.29 is 32.6 Å². The number of aliphatic carboxylic acids is 1. The molecule has 3 aliphatic heterocycles. The standard InChI is InChI=1S/C27H29N5O2.C2HF3O2/c1-31(2)13-3-4-19-15-22(32-20-6-7-21(32)9-8-20)10-11-23(19)30-27(33)26-17-29-24-14-18(16-28)5-12-25(24)34-26;3-2(4,5)1(6)7/h5,10-12,14-15,20-21,26,29H,6-9,13,17H2,1-2H3,(H,30,33);(H,6,7). The van der Waals surface area contributed by atoms with Crippen molar-refractivity contribution in [3.05, 3.63) is 47.5 Å². The van der Waals surface area contributed by atoms with Crippen molar-refractivity contribution >= 4 is 28.9 Å².